The van der Waals surface area contributed by atoms with Crippen LogP contribution in [0.15, 0.2) is 49.1 Å². The number of hydrogen-bond acceptors (Lipinski definition) is 4. The molecule has 6 nitrogen and oxygen atoms in total. The Morgan fingerprint density at radius 2 is 1.93 bits per heavy atom. The van der Waals surface area contributed by atoms with Gasteiger partial charge in [-0.15, -0.1) is 0 Å². The number of aryl methyl sites for hydroxylation is 3. The van der Waals surface area contributed by atoms with Gasteiger partial charge in [-0.05, 0) is 42.8 Å². The summed E-state index contributed by atoms with van der Waals surface area (Å²) in [4.78, 5) is 0. The predicted octanol–water partition coefficient (Wildman–Crippen LogP) is 3.81. The molecule has 27 heavy (non-hydrogen) atoms. The smallest absolute Gasteiger partial charge is 0.243 e. The second kappa shape index (κ2) is 8.22. The van der Waals surface area contributed by atoms with Gasteiger partial charge in [0.15, 0.2) is 0 Å². The van der Waals surface area contributed by atoms with Crippen LogP contribution in [0.3, 0.4) is 0 Å². The Morgan fingerprint density at radius 3 is 2.59 bits per heavy atom. The van der Waals surface area contributed by atoms with E-state index in [1.54, 1.807) is 13.0 Å². The second-order valence-electron chi connectivity index (χ2n) is 6.62. The van der Waals surface area contributed by atoms with Crippen molar-refractivity contribution in [1.29, 1.82) is 0 Å². The molecule has 0 amide bonds. The Labute approximate surface area is 164 Å². The van der Waals surface area contributed by atoms with Gasteiger partial charge in [-0.1, -0.05) is 11.6 Å². The van der Waals surface area contributed by atoms with Crippen LogP contribution in [0.2, 0.25) is 5.02 Å². The Morgan fingerprint density at radius 1 is 1.22 bits per heavy atom. The largest absolute Gasteiger partial charge is 0.506 e. The third-order valence-electron chi connectivity index (χ3n) is 4.38. The maximum Gasteiger partial charge on any atom is 0.243 e. The lowest BCUT2D eigenvalue weighted by molar-refractivity contribution is -0.671. The zero-order chi connectivity index (χ0) is 19.4. The van der Waals surface area contributed by atoms with E-state index in [0.29, 0.717) is 16.9 Å². The number of nitrogen functional groups attached to an aromatic ring is 1. The molecule has 142 valence electrons. The van der Waals surface area contributed by atoms with Gasteiger partial charge in [0.2, 0.25) is 6.33 Å². The fourth-order valence-corrected chi connectivity index (χ4v) is 3.09. The van der Waals surface area contributed by atoms with Gasteiger partial charge >= 0.3 is 0 Å². The number of nitrogens with one attached hydrogen (secondary N) is 2. The molecule has 2 aromatic carbocycles. The summed E-state index contributed by atoms with van der Waals surface area (Å²) in [5.41, 5.74) is 9.63. The van der Waals surface area contributed by atoms with Gasteiger partial charge in [0, 0.05) is 24.3 Å². The van der Waals surface area contributed by atoms with Crippen molar-refractivity contribution in [3.63, 3.8) is 0 Å². The summed E-state index contributed by atoms with van der Waals surface area (Å²) in [5, 5.41) is 16.7. The molecule has 0 saturated heterocycles. The number of anilines is 4. The van der Waals surface area contributed by atoms with Gasteiger partial charge in [0.1, 0.15) is 23.2 Å². The van der Waals surface area contributed by atoms with Gasteiger partial charge in [-0.2, -0.15) is 0 Å². The van der Waals surface area contributed by atoms with Crippen LogP contribution in [-0.2, 0) is 13.6 Å². The fourth-order valence-electron chi connectivity index (χ4n) is 2.84. The first-order valence-corrected chi connectivity index (χ1v) is 9.21. The van der Waals surface area contributed by atoms with Crippen LogP contribution in [0.4, 0.5) is 22.7 Å². The summed E-state index contributed by atoms with van der Waals surface area (Å²) in [6.45, 7) is 3.66. The summed E-state index contributed by atoms with van der Waals surface area (Å²) in [6, 6.07) is 9.77. The topological polar surface area (TPSA) is 79.1 Å². The van der Waals surface area contributed by atoms with E-state index >= 15 is 0 Å². The summed E-state index contributed by atoms with van der Waals surface area (Å²) in [6.07, 6.45) is 7.22. The molecule has 0 aliphatic rings. The molecule has 0 spiro atoms. The molecule has 5 N–H and O–H groups in total. The van der Waals surface area contributed by atoms with Crippen molar-refractivity contribution in [3.8, 4) is 5.75 Å². The molecule has 3 rings (SSSR count). The van der Waals surface area contributed by atoms with Crippen LogP contribution in [0.1, 0.15) is 12.0 Å². The minimum absolute atomic E-state index is 0.0212. The first kappa shape index (κ1) is 18.9. The fraction of sp³-hybridized carbons (Fsp3) is 0.250. The highest BCUT2D eigenvalue weighted by molar-refractivity contribution is 6.35. The maximum absolute atomic E-state index is 9.84. The van der Waals surface area contributed by atoms with Crippen molar-refractivity contribution in [2.24, 2.45) is 7.05 Å². The molecule has 0 aliphatic carbocycles. The highest BCUT2D eigenvalue weighted by Gasteiger charge is 2.12. The molecular formula is C20H25ClN5O+. The van der Waals surface area contributed by atoms with Crippen molar-refractivity contribution in [1.82, 2.24) is 4.57 Å². The summed E-state index contributed by atoms with van der Waals surface area (Å²) < 4.78 is 4.21. The lowest BCUT2D eigenvalue weighted by Crippen LogP contribution is -2.23. The van der Waals surface area contributed by atoms with Gasteiger partial charge in [-0.25, -0.2) is 9.13 Å². The number of benzene rings is 2. The van der Waals surface area contributed by atoms with Crippen molar-refractivity contribution >= 4 is 34.4 Å². The van der Waals surface area contributed by atoms with Crippen LogP contribution in [0.25, 0.3) is 0 Å². The number of imidazole rings is 1. The average Bonchev–Trinajstić information content (AvgIpc) is 3.08. The predicted molar refractivity (Wildman–Crippen MR) is 111 cm³/mol. The van der Waals surface area contributed by atoms with Crippen molar-refractivity contribution in [3.05, 3.63) is 59.6 Å². The summed E-state index contributed by atoms with van der Waals surface area (Å²) in [7, 11) is 2.02. The number of phenolic OH excluding ortho intramolecular Hbond substituents is 1. The number of aromatic hydroxyl groups is 1. The maximum atomic E-state index is 9.84. The molecule has 0 radical (unpaired) electrons. The second-order valence-corrected chi connectivity index (χ2v) is 6.99. The zero-order valence-electron chi connectivity index (χ0n) is 15.5. The minimum Gasteiger partial charge on any atom is -0.506 e. The van der Waals surface area contributed by atoms with E-state index in [9.17, 15) is 5.11 Å². The quantitative estimate of drug-likeness (QED) is 0.215. The normalized spacial score (nSPS) is 10.8. The molecule has 0 aliphatic heterocycles. The molecule has 0 unspecified atom stereocenters. The van der Waals surface area contributed by atoms with E-state index in [0.717, 1.165) is 30.9 Å². The molecule has 7 heteroatoms. The standard InChI is InChI=1S/C20H24ClN5O/c1-14-12-17(19(22)18(21)20(14)27)24-16-6-4-15(5-7-16)23-8-3-9-26-11-10-25(2)13-26/h4-7,10-13,23-24H,3,8-9,22H2,1-2H3/p+1. The van der Waals surface area contributed by atoms with E-state index in [1.165, 1.54) is 0 Å². The number of phenols is 1. The average molecular weight is 387 g/mol. The van der Waals surface area contributed by atoms with Gasteiger partial charge in [-0.3, -0.25) is 0 Å². The van der Waals surface area contributed by atoms with E-state index in [-0.39, 0.29) is 10.8 Å². The SMILES string of the molecule is Cc1cc(Nc2ccc(NCCCn3cc[n+](C)c3)cc2)c(N)c(Cl)c1O. The lowest BCUT2D eigenvalue weighted by atomic mass is 10.1. The number of hydrogen-bond donors (Lipinski definition) is 4. The van der Waals surface area contributed by atoms with Crippen LogP contribution in [-0.4, -0.2) is 16.2 Å². The molecule has 0 saturated carbocycles. The van der Waals surface area contributed by atoms with E-state index in [4.69, 9.17) is 17.3 Å². The van der Waals surface area contributed by atoms with Gasteiger partial charge < -0.3 is 21.5 Å². The first-order valence-electron chi connectivity index (χ1n) is 8.83. The Bertz CT molecular complexity index is 921. The molecule has 0 bridgehead atoms. The minimum atomic E-state index is 0.0212. The summed E-state index contributed by atoms with van der Waals surface area (Å²) >= 11 is 6.07. The Balaban J connectivity index is 1.54. The Kier molecular flexibility index (Phi) is 5.76. The molecule has 0 fully saturated rings. The van der Waals surface area contributed by atoms with Crippen LogP contribution < -0.4 is 20.9 Å². The number of rotatable bonds is 7. The van der Waals surface area contributed by atoms with Gasteiger partial charge in [0.05, 0.1) is 25.0 Å². The van der Waals surface area contributed by atoms with E-state index in [1.807, 2.05) is 42.1 Å². The van der Waals surface area contributed by atoms with Crippen LogP contribution in [0.5, 0.6) is 5.75 Å². The third-order valence-corrected chi connectivity index (χ3v) is 4.76. The number of nitrogens with two attached hydrogens (primary N) is 1. The summed E-state index contributed by atoms with van der Waals surface area (Å²) in [5.74, 6) is 0.0212. The Hall–Kier alpha value is -2.86. The highest BCUT2D eigenvalue weighted by Crippen LogP contribution is 2.39. The highest BCUT2D eigenvalue weighted by atomic mass is 35.5. The molecule has 1 heterocycles. The molecular weight excluding hydrogens is 362 g/mol. The van der Waals surface area contributed by atoms with E-state index in [2.05, 4.69) is 27.7 Å². The van der Waals surface area contributed by atoms with Gasteiger partial charge in [0.25, 0.3) is 0 Å². The molecule has 1 aromatic heterocycles. The number of nitrogens with zero attached hydrogens (tertiary/aromatic N) is 2. The van der Waals surface area contributed by atoms with Crippen LogP contribution >= 0.6 is 11.6 Å². The monoisotopic (exact) mass is 386 g/mol. The number of halogens is 1. The van der Waals surface area contributed by atoms with Crippen molar-refractivity contribution in [2.75, 3.05) is 22.9 Å². The number of aromatic nitrogens is 2. The molecule has 3 aromatic rings. The van der Waals surface area contributed by atoms with E-state index < -0.39 is 0 Å². The zero-order valence-corrected chi connectivity index (χ0v) is 16.3. The van der Waals surface area contributed by atoms with Crippen molar-refractivity contribution < 1.29 is 9.67 Å². The molecule has 0 atom stereocenters. The third kappa shape index (κ3) is 4.65. The van der Waals surface area contributed by atoms with Crippen molar-refractivity contribution in [2.45, 2.75) is 19.9 Å². The lowest BCUT2D eigenvalue weighted by Gasteiger charge is -2.14. The first-order chi connectivity index (χ1) is 12.9. The van der Waals surface area contributed by atoms with Crippen LogP contribution in [0, 0.1) is 6.92 Å².